The number of anilines is 5. The van der Waals surface area contributed by atoms with Crippen molar-refractivity contribution in [1.82, 2.24) is 15.0 Å². The van der Waals surface area contributed by atoms with Gasteiger partial charge >= 0.3 is 0 Å². The van der Waals surface area contributed by atoms with E-state index in [2.05, 4.69) is 15.3 Å². The third kappa shape index (κ3) is 6.60. The number of aromatic nitrogens is 3. The highest BCUT2D eigenvalue weighted by molar-refractivity contribution is 7.90. The van der Waals surface area contributed by atoms with Crippen molar-refractivity contribution < 1.29 is 13.5 Å². The molecular formula is C26H37N11O3S. The fourth-order valence-electron chi connectivity index (χ4n) is 5.32. The lowest BCUT2D eigenvalue weighted by atomic mass is 10.0. The molecule has 0 amide bonds. The minimum atomic E-state index is -3.88. The highest BCUT2D eigenvalue weighted by Gasteiger charge is 2.29. The van der Waals surface area contributed by atoms with Gasteiger partial charge in [0, 0.05) is 50.3 Å². The summed E-state index contributed by atoms with van der Waals surface area (Å²) in [6.07, 6.45) is 1.37. The number of hydrogen-bond donors (Lipinski definition) is 7. The average molecular weight is 584 g/mol. The van der Waals surface area contributed by atoms with Crippen LogP contribution in [0.25, 0.3) is 0 Å². The van der Waals surface area contributed by atoms with E-state index in [0.29, 0.717) is 56.5 Å². The third-order valence-electron chi connectivity index (χ3n) is 7.17. The van der Waals surface area contributed by atoms with Crippen LogP contribution < -0.4 is 43.8 Å². The second-order valence-corrected chi connectivity index (χ2v) is 12.8. The lowest BCUT2D eigenvalue weighted by Crippen LogP contribution is -2.54. The molecule has 2 fully saturated rings. The van der Waals surface area contributed by atoms with Crippen LogP contribution in [0, 0.1) is 0 Å². The van der Waals surface area contributed by atoms with E-state index in [1.165, 1.54) is 12.1 Å². The molecule has 0 aliphatic carbocycles. The second-order valence-electron chi connectivity index (χ2n) is 10.8. The first-order valence-corrected chi connectivity index (χ1v) is 15.1. The number of nitrogens with two attached hydrogens (primary N) is 5. The molecule has 3 heterocycles. The van der Waals surface area contributed by atoms with Gasteiger partial charge in [0.2, 0.25) is 17.8 Å². The van der Waals surface area contributed by atoms with Gasteiger partial charge in [0.15, 0.2) is 15.6 Å². The number of sulfone groups is 1. The summed E-state index contributed by atoms with van der Waals surface area (Å²) >= 11 is 0. The molecule has 0 radical (unpaired) electrons. The van der Waals surface area contributed by atoms with E-state index in [-0.39, 0.29) is 52.1 Å². The molecule has 0 bridgehead atoms. The van der Waals surface area contributed by atoms with Gasteiger partial charge in [-0.2, -0.15) is 15.0 Å². The van der Waals surface area contributed by atoms with Gasteiger partial charge in [-0.1, -0.05) is 30.3 Å². The molecule has 2 aliphatic heterocycles. The minimum absolute atomic E-state index is 0.136. The predicted molar refractivity (Wildman–Crippen MR) is 159 cm³/mol. The molecule has 15 heteroatoms. The SMILES string of the molecule is Nc1c(Nc2nc(N3C[C@H](N)C[C@H](N)C3)nc(N3C[C@H](N)C[C@H](N)C3)n2)ccc(S(=O)(=O)Cc2ccccc2)c1O. The van der Waals surface area contributed by atoms with Crippen molar-refractivity contribution in [3.8, 4) is 5.75 Å². The summed E-state index contributed by atoms with van der Waals surface area (Å²) < 4.78 is 26.1. The number of hydrogen-bond acceptors (Lipinski definition) is 14. The fraction of sp³-hybridized carbons (Fsp3) is 0.423. The summed E-state index contributed by atoms with van der Waals surface area (Å²) in [6.45, 7) is 2.03. The van der Waals surface area contributed by atoms with Gasteiger partial charge in [-0.05, 0) is 30.5 Å². The molecular weight excluding hydrogens is 546 g/mol. The number of aromatic hydroxyl groups is 1. The summed E-state index contributed by atoms with van der Waals surface area (Å²) in [5.41, 5.74) is 31.8. The Bertz CT molecular complexity index is 1430. The molecule has 41 heavy (non-hydrogen) atoms. The van der Waals surface area contributed by atoms with Gasteiger partial charge in [0.1, 0.15) is 4.90 Å². The summed E-state index contributed by atoms with van der Waals surface area (Å²) in [6, 6.07) is 10.9. The van der Waals surface area contributed by atoms with Crippen molar-refractivity contribution in [2.24, 2.45) is 22.9 Å². The fourth-order valence-corrected chi connectivity index (χ4v) is 6.78. The molecule has 2 aliphatic rings. The molecule has 2 aromatic carbocycles. The Hall–Kier alpha value is -3.76. The van der Waals surface area contributed by atoms with Gasteiger partial charge in [-0.15, -0.1) is 0 Å². The van der Waals surface area contributed by atoms with E-state index in [1.54, 1.807) is 30.3 Å². The predicted octanol–water partition coefficient (Wildman–Crippen LogP) is -0.394. The van der Waals surface area contributed by atoms with Crippen LogP contribution in [0.4, 0.5) is 29.2 Å². The highest BCUT2D eigenvalue weighted by atomic mass is 32.2. The average Bonchev–Trinajstić information content (AvgIpc) is 2.90. The molecule has 220 valence electrons. The van der Waals surface area contributed by atoms with Crippen molar-refractivity contribution in [2.45, 2.75) is 47.7 Å². The van der Waals surface area contributed by atoms with Crippen LogP contribution in [0.15, 0.2) is 47.4 Å². The van der Waals surface area contributed by atoms with Crippen LogP contribution in [0.1, 0.15) is 18.4 Å². The van der Waals surface area contributed by atoms with Crippen LogP contribution in [0.3, 0.4) is 0 Å². The lowest BCUT2D eigenvalue weighted by molar-refractivity contribution is 0.441. The summed E-state index contributed by atoms with van der Waals surface area (Å²) in [4.78, 5) is 17.4. The monoisotopic (exact) mass is 583 g/mol. The Morgan fingerprint density at radius 2 is 1.32 bits per heavy atom. The maximum Gasteiger partial charge on any atom is 0.233 e. The van der Waals surface area contributed by atoms with Crippen molar-refractivity contribution in [1.29, 1.82) is 0 Å². The molecule has 3 aromatic rings. The molecule has 0 spiro atoms. The molecule has 4 atom stereocenters. The van der Waals surface area contributed by atoms with Gasteiger partial charge in [0.05, 0.1) is 17.1 Å². The Labute approximate surface area is 238 Å². The van der Waals surface area contributed by atoms with E-state index < -0.39 is 15.6 Å². The first kappa shape index (κ1) is 28.8. The van der Waals surface area contributed by atoms with Crippen molar-refractivity contribution >= 4 is 39.1 Å². The van der Waals surface area contributed by atoms with Gasteiger partial charge in [0.25, 0.3) is 0 Å². The first-order valence-electron chi connectivity index (χ1n) is 13.4. The van der Waals surface area contributed by atoms with E-state index in [0.717, 1.165) is 0 Å². The quantitative estimate of drug-likeness (QED) is 0.138. The van der Waals surface area contributed by atoms with E-state index in [9.17, 15) is 13.5 Å². The molecule has 2 saturated heterocycles. The van der Waals surface area contributed by atoms with Crippen LogP contribution >= 0.6 is 0 Å². The number of nitrogen functional groups attached to an aromatic ring is 1. The molecule has 14 nitrogen and oxygen atoms in total. The summed E-state index contributed by atoms with van der Waals surface area (Å²) in [7, 11) is -3.88. The number of piperidine rings is 2. The smallest absolute Gasteiger partial charge is 0.233 e. The topological polar surface area (TPSA) is 242 Å². The van der Waals surface area contributed by atoms with Crippen LogP contribution in [-0.4, -0.2) is 78.8 Å². The van der Waals surface area contributed by atoms with Crippen LogP contribution in [0.5, 0.6) is 5.75 Å². The number of nitrogens with zero attached hydrogens (tertiary/aromatic N) is 5. The second kappa shape index (κ2) is 11.6. The molecule has 0 unspecified atom stereocenters. The minimum Gasteiger partial charge on any atom is -0.504 e. The summed E-state index contributed by atoms with van der Waals surface area (Å²) in [5, 5.41) is 13.9. The molecule has 0 saturated carbocycles. The van der Waals surface area contributed by atoms with Crippen molar-refractivity contribution in [2.75, 3.05) is 47.0 Å². The molecule has 12 N–H and O–H groups in total. The third-order valence-corrected chi connectivity index (χ3v) is 8.88. The van der Waals surface area contributed by atoms with E-state index in [4.69, 9.17) is 33.7 Å². The van der Waals surface area contributed by atoms with Gasteiger partial charge < -0.3 is 48.9 Å². The zero-order chi connectivity index (χ0) is 29.3. The van der Waals surface area contributed by atoms with Gasteiger partial charge in [-0.25, -0.2) is 8.42 Å². The maximum absolute atomic E-state index is 13.1. The molecule has 5 rings (SSSR count). The normalized spacial score (nSPS) is 23.4. The maximum atomic E-state index is 13.1. The van der Waals surface area contributed by atoms with Crippen LogP contribution in [-0.2, 0) is 15.6 Å². The van der Waals surface area contributed by atoms with Crippen LogP contribution in [0.2, 0.25) is 0 Å². The zero-order valence-electron chi connectivity index (χ0n) is 22.6. The van der Waals surface area contributed by atoms with E-state index >= 15 is 0 Å². The highest BCUT2D eigenvalue weighted by Crippen LogP contribution is 2.37. The number of rotatable bonds is 7. The number of phenols is 1. The standard InChI is InChI=1S/C26H37N11O3S/c27-16-8-17(28)11-36(10-16)25-33-24(34-26(35-25)37-12-18(29)9-19(30)13-37)32-20-6-7-21(23(38)22(20)31)41(39,40)14-15-4-2-1-3-5-15/h1-7,16-19,38H,8-14,27-31H2,(H,32,33,34,35)/t16-,17+,18-,19+. The number of benzene rings is 2. The number of phenolic OH excluding ortho intramolecular Hbond substituents is 1. The Balaban J connectivity index is 1.47. The Morgan fingerprint density at radius 3 is 1.83 bits per heavy atom. The summed E-state index contributed by atoms with van der Waals surface area (Å²) in [5.74, 6) is 0.0211. The molecule has 1 aromatic heterocycles. The number of nitrogens with one attached hydrogen (secondary N) is 1. The Morgan fingerprint density at radius 1 is 0.805 bits per heavy atom. The first-order chi connectivity index (χ1) is 19.5. The van der Waals surface area contributed by atoms with E-state index in [1.807, 2.05) is 9.80 Å². The van der Waals surface area contributed by atoms with Crippen molar-refractivity contribution in [3.05, 3.63) is 48.0 Å². The lowest BCUT2D eigenvalue weighted by Gasteiger charge is -2.37. The van der Waals surface area contributed by atoms with Gasteiger partial charge in [-0.3, -0.25) is 0 Å². The van der Waals surface area contributed by atoms with Crippen molar-refractivity contribution in [3.63, 3.8) is 0 Å². The Kier molecular flexibility index (Phi) is 8.15. The largest absolute Gasteiger partial charge is 0.504 e. The zero-order valence-corrected chi connectivity index (χ0v) is 23.4.